The fourth-order valence-corrected chi connectivity index (χ4v) is 3.83. The minimum Gasteiger partial charge on any atom is -0.439 e. The van der Waals surface area contributed by atoms with Crippen LogP contribution in [0.5, 0.6) is 0 Å². The minimum absolute atomic E-state index is 0.00831. The van der Waals surface area contributed by atoms with Crippen molar-refractivity contribution in [3.63, 3.8) is 0 Å². The van der Waals surface area contributed by atoms with E-state index < -0.39 is 0 Å². The highest BCUT2D eigenvalue weighted by Crippen LogP contribution is 2.35. The molecule has 0 spiro atoms. The fourth-order valence-electron chi connectivity index (χ4n) is 2.72. The Morgan fingerprint density at radius 2 is 2.00 bits per heavy atom. The first-order valence-electron chi connectivity index (χ1n) is 7.36. The van der Waals surface area contributed by atoms with Crippen LogP contribution in [0.4, 0.5) is 5.88 Å². The molecular weight excluding hydrogens is 334 g/mol. The highest BCUT2D eigenvalue weighted by atomic mass is 35.5. The SMILES string of the molecule is O=c1cc(N2CCOCC2)oc2c(-c3cccc(Cl)c3)csc12. The van der Waals surface area contributed by atoms with Gasteiger partial charge in [-0.05, 0) is 17.7 Å². The lowest BCUT2D eigenvalue weighted by Gasteiger charge is -2.27. The predicted octanol–water partition coefficient (Wildman–Crippen LogP) is 4.01. The van der Waals surface area contributed by atoms with E-state index in [1.165, 1.54) is 11.3 Å². The third-order valence-electron chi connectivity index (χ3n) is 3.89. The number of anilines is 1. The molecular formula is C17H14ClNO3S. The van der Waals surface area contributed by atoms with Gasteiger partial charge >= 0.3 is 0 Å². The lowest BCUT2D eigenvalue weighted by Crippen LogP contribution is -2.36. The Morgan fingerprint density at radius 3 is 2.78 bits per heavy atom. The molecule has 0 amide bonds. The molecule has 0 bridgehead atoms. The second kappa shape index (κ2) is 6.00. The van der Waals surface area contributed by atoms with Crippen molar-refractivity contribution in [3.05, 3.63) is 51.0 Å². The number of nitrogens with zero attached hydrogens (tertiary/aromatic N) is 1. The third-order valence-corrected chi connectivity index (χ3v) is 5.10. The Kier molecular flexibility index (Phi) is 3.85. The summed E-state index contributed by atoms with van der Waals surface area (Å²) in [4.78, 5) is 14.5. The van der Waals surface area contributed by atoms with Crippen LogP contribution in [0, 0.1) is 0 Å². The number of rotatable bonds is 2. The molecule has 0 N–H and O–H groups in total. The Hall–Kier alpha value is -1.82. The van der Waals surface area contributed by atoms with Gasteiger partial charge in [-0.1, -0.05) is 23.7 Å². The molecule has 1 aliphatic rings. The van der Waals surface area contributed by atoms with Gasteiger partial charge in [0.15, 0.2) is 11.5 Å². The van der Waals surface area contributed by atoms with Crippen LogP contribution in [0.2, 0.25) is 5.02 Å². The second-order valence-electron chi connectivity index (χ2n) is 5.37. The molecule has 4 rings (SSSR count). The maximum absolute atomic E-state index is 12.4. The van der Waals surface area contributed by atoms with Gasteiger partial charge < -0.3 is 14.1 Å². The number of ether oxygens (including phenoxy) is 1. The third kappa shape index (κ3) is 2.76. The van der Waals surface area contributed by atoms with Crippen molar-refractivity contribution in [2.45, 2.75) is 0 Å². The molecule has 6 heteroatoms. The Labute approximate surface area is 141 Å². The van der Waals surface area contributed by atoms with Crippen molar-refractivity contribution in [1.82, 2.24) is 0 Å². The quantitative estimate of drug-likeness (QED) is 0.702. The summed E-state index contributed by atoms with van der Waals surface area (Å²) in [5, 5.41) is 2.61. The van der Waals surface area contributed by atoms with Gasteiger partial charge in [-0.25, -0.2) is 0 Å². The normalized spacial score (nSPS) is 15.3. The molecule has 4 nitrogen and oxygen atoms in total. The molecule has 3 aromatic rings. The molecule has 2 aromatic heterocycles. The number of fused-ring (bicyclic) bond motifs is 1. The van der Waals surface area contributed by atoms with Gasteiger partial charge in [0.25, 0.3) is 0 Å². The van der Waals surface area contributed by atoms with Crippen molar-refractivity contribution < 1.29 is 9.15 Å². The van der Waals surface area contributed by atoms with Crippen molar-refractivity contribution >= 4 is 39.1 Å². The molecule has 1 saturated heterocycles. The van der Waals surface area contributed by atoms with Crippen LogP contribution in [-0.2, 0) is 4.74 Å². The standard InChI is InChI=1S/C17H14ClNO3S/c18-12-3-1-2-11(8-12)13-10-23-17-14(20)9-15(22-16(13)17)19-4-6-21-7-5-19/h1-3,8-10H,4-7H2. The highest BCUT2D eigenvalue weighted by Gasteiger charge is 2.18. The van der Waals surface area contributed by atoms with E-state index in [-0.39, 0.29) is 5.43 Å². The van der Waals surface area contributed by atoms with Crippen LogP contribution in [0.1, 0.15) is 0 Å². The first kappa shape index (κ1) is 14.8. The zero-order valence-electron chi connectivity index (χ0n) is 12.3. The van der Waals surface area contributed by atoms with E-state index in [2.05, 4.69) is 0 Å². The maximum Gasteiger partial charge on any atom is 0.204 e. The van der Waals surface area contributed by atoms with E-state index in [1.54, 1.807) is 6.07 Å². The molecule has 0 unspecified atom stereocenters. The van der Waals surface area contributed by atoms with Crippen LogP contribution in [-0.4, -0.2) is 26.3 Å². The average molecular weight is 348 g/mol. The molecule has 3 heterocycles. The molecule has 1 aromatic carbocycles. The smallest absolute Gasteiger partial charge is 0.204 e. The van der Waals surface area contributed by atoms with Crippen LogP contribution >= 0.6 is 22.9 Å². The van der Waals surface area contributed by atoms with Gasteiger partial charge in [-0.2, -0.15) is 0 Å². The molecule has 0 radical (unpaired) electrons. The number of halogens is 1. The summed E-state index contributed by atoms with van der Waals surface area (Å²) < 4.78 is 12.1. The van der Waals surface area contributed by atoms with E-state index in [0.29, 0.717) is 34.4 Å². The second-order valence-corrected chi connectivity index (χ2v) is 6.68. The van der Waals surface area contributed by atoms with Gasteiger partial charge in [-0.15, -0.1) is 11.3 Å². The fraction of sp³-hybridized carbons (Fsp3) is 0.235. The van der Waals surface area contributed by atoms with Crippen molar-refractivity contribution in [1.29, 1.82) is 0 Å². The van der Waals surface area contributed by atoms with Crippen molar-refractivity contribution in [2.75, 3.05) is 31.2 Å². The van der Waals surface area contributed by atoms with Crippen molar-refractivity contribution in [3.8, 4) is 11.1 Å². The summed E-state index contributed by atoms with van der Waals surface area (Å²) in [7, 11) is 0. The topological polar surface area (TPSA) is 42.7 Å². The van der Waals surface area contributed by atoms with E-state index >= 15 is 0 Å². The molecule has 0 saturated carbocycles. The number of hydrogen-bond donors (Lipinski definition) is 0. The molecule has 1 aliphatic heterocycles. The van der Waals surface area contributed by atoms with E-state index in [1.807, 2.05) is 34.5 Å². The summed E-state index contributed by atoms with van der Waals surface area (Å²) in [6.07, 6.45) is 0. The summed E-state index contributed by atoms with van der Waals surface area (Å²) >= 11 is 7.49. The van der Waals surface area contributed by atoms with Crippen LogP contribution < -0.4 is 10.3 Å². The summed E-state index contributed by atoms with van der Waals surface area (Å²) in [5.41, 5.74) is 2.48. The molecule has 118 valence electrons. The highest BCUT2D eigenvalue weighted by molar-refractivity contribution is 7.17. The van der Waals surface area contributed by atoms with E-state index in [9.17, 15) is 4.79 Å². The summed E-state index contributed by atoms with van der Waals surface area (Å²) in [6.45, 7) is 2.75. The zero-order valence-corrected chi connectivity index (χ0v) is 13.8. The predicted molar refractivity (Wildman–Crippen MR) is 93.8 cm³/mol. The van der Waals surface area contributed by atoms with Gasteiger partial charge in [0.1, 0.15) is 4.70 Å². The van der Waals surface area contributed by atoms with Crippen LogP contribution in [0.15, 0.2) is 44.9 Å². The molecule has 1 fully saturated rings. The lowest BCUT2D eigenvalue weighted by molar-refractivity contribution is 0.121. The van der Waals surface area contributed by atoms with Crippen LogP contribution in [0.25, 0.3) is 21.4 Å². The largest absolute Gasteiger partial charge is 0.439 e. The van der Waals surface area contributed by atoms with Gasteiger partial charge in [0.2, 0.25) is 5.43 Å². The Balaban J connectivity index is 1.86. The lowest BCUT2D eigenvalue weighted by atomic mass is 10.1. The van der Waals surface area contributed by atoms with E-state index in [0.717, 1.165) is 24.2 Å². The summed E-state index contributed by atoms with van der Waals surface area (Å²) in [6, 6.07) is 9.14. The maximum atomic E-state index is 12.4. The van der Waals surface area contributed by atoms with Crippen LogP contribution in [0.3, 0.4) is 0 Å². The van der Waals surface area contributed by atoms with E-state index in [4.69, 9.17) is 20.8 Å². The molecule has 0 aliphatic carbocycles. The van der Waals surface area contributed by atoms with Gasteiger partial charge in [0, 0.05) is 35.1 Å². The number of morpholine rings is 1. The zero-order chi connectivity index (χ0) is 15.8. The monoisotopic (exact) mass is 347 g/mol. The Morgan fingerprint density at radius 1 is 1.17 bits per heavy atom. The number of benzene rings is 1. The number of hydrogen-bond acceptors (Lipinski definition) is 5. The first-order chi connectivity index (χ1) is 11.2. The average Bonchev–Trinajstić information content (AvgIpc) is 3.00. The van der Waals surface area contributed by atoms with Gasteiger partial charge in [-0.3, -0.25) is 4.79 Å². The minimum atomic E-state index is -0.00831. The number of thiophene rings is 1. The summed E-state index contributed by atoms with van der Waals surface area (Å²) in [5.74, 6) is 0.604. The van der Waals surface area contributed by atoms with Crippen molar-refractivity contribution in [2.24, 2.45) is 0 Å². The Bertz CT molecular complexity index is 912. The molecule has 23 heavy (non-hydrogen) atoms. The van der Waals surface area contributed by atoms with Gasteiger partial charge in [0.05, 0.1) is 13.2 Å². The first-order valence-corrected chi connectivity index (χ1v) is 8.62. The molecule has 0 atom stereocenters.